The van der Waals surface area contributed by atoms with Crippen LogP contribution >= 0.6 is 11.6 Å². The third-order valence-electron chi connectivity index (χ3n) is 4.41. The molecular formula is C17H21ClN6O4. The number of aromatic nitrogens is 2. The standard InChI is InChI=1S/C17H21ClN6O4/c18-12-3-1-11(2-4-12)15-21-14(28-22-15)9-23-5-7-24(8-6-23)16(26)13(10-25)20-17(19)27/h1-4,13,25H,5-10H2,(H3,19,20,27). The molecule has 0 aliphatic carbocycles. The third-order valence-corrected chi connectivity index (χ3v) is 4.66. The fraction of sp³-hybridized carbons (Fsp3) is 0.412. The average Bonchev–Trinajstić information content (AvgIpc) is 3.15. The molecule has 150 valence electrons. The summed E-state index contributed by atoms with van der Waals surface area (Å²) in [5.74, 6) is 0.612. The largest absolute Gasteiger partial charge is 0.394 e. The molecule has 1 aromatic heterocycles. The van der Waals surface area contributed by atoms with Crippen molar-refractivity contribution < 1.29 is 19.2 Å². The van der Waals surface area contributed by atoms with Gasteiger partial charge in [0.25, 0.3) is 0 Å². The molecule has 4 N–H and O–H groups in total. The molecule has 1 unspecified atom stereocenters. The van der Waals surface area contributed by atoms with Crippen molar-refractivity contribution in [3.8, 4) is 11.4 Å². The van der Waals surface area contributed by atoms with E-state index in [4.69, 9.17) is 21.9 Å². The molecule has 1 aromatic carbocycles. The summed E-state index contributed by atoms with van der Waals surface area (Å²) in [4.78, 5) is 31.3. The van der Waals surface area contributed by atoms with Gasteiger partial charge < -0.3 is 25.6 Å². The van der Waals surface area contributed by atoms with Crippen LogP contribution in [0.15, 0.2) is 28.8 Å². The zero-order chi connectivity index (χ0) is 20.1. The Morgan fingerprint density at radius 3 is 2.54 bits per heavy atom. The van der Waals surface area contributed by atoms with Gasteiger partial charge in [0.05, 0.1) is 13.2 Å². The first-order valence-corrected chi connectivity index (χ1v) is 9.10. The fourth-order valence-corrected chi connectivity index (χ4v) is 3.06. The summed E-state index contributed by atoms with van der Waals surface area (Å²) in [5, 5.41) is 16.1. The number of aliphatic hydroxyl groups excluding tert-OH is 1. The highest BCUT2D eigenvalue weighted by Gasteiger charge is 2.28. The maximum atomic E-state index is 12.3. The number of amides is 3. The van der Waals surface area contributed by atoms with E-state index in [-0.39, 0.29) is 5.91 Å². The van der Waals surface area contributed by atoms with Gasteiger partial charge in [-0.1, -0.05) is 16.8 Å². The number of benzene rings is 1. The average molecular weight is 409 g/mol. The number of hydrogen-bond acceptors (Lipinski definition) is 7. The summed E-state index contributed by atoms with van der Waals surface area (Å²) in [5.41, 5.74) is 5.84. The maximum absolute atomic E-state index is 12.3. The van der Waals surface area contributed by atoms with E-state index in [1.807, 2.05) is 12.1 Å². The molecule has 3 amide bonds. The molecule has 1 saturated heterocycles. The molecule has 11 heteroatoms. The van der Waals surface area contributed by atoms with Crippen molar-refractivity contribution in [3.63, 3.8) is 0 Å². The van der Waals surface area contributed by atoms with E-state index in [0.717, 1.165) is 5.56 Å². The Morgan fingerprint density at radius 1 is 1.25 bits per heavy atom. The quantitative estimate of drug-likeness (QED) is 0.614. The maximum Gasteiger partial charge on any atom is 0.312 e. The van der Waals surface area contributed by atoms with Crippen molar-refractivity contribution in [2.45, 2.75) is 12.6 Å². The SMILES string of the molecule is NC(=O)NC(CO)C(=O)N1CCN(Cc2nc(-c3ccc(Cl)cc3)no2)CC1. The molecule has 0 saturated carbocycles. The second kappa shape index (κ2) is 9.00. The number of primary amides is 1. The monoisotopic (exact) mass is 408 g/mol. The number of rotatable bonds is 6. The second-order valence-electron chi connectivity index (χ2n) is 6.36. The number of aliphatic hydroxyl groups is 1. The molecule has 1 aliphatic heterocycles. The predicted octanol–water partition coefficient (Wildman–Crippen LogP) is 0.0634. The van der Waals surface area contributed by atoms with Gasteiger partial charge in [0, 0.05) is 36.8 Å². The Bertz CT molecular complexity index is 819. The Labute approximate surface area is 166 Å². The Kier molecular flexibility index (Phi) is 6.45. The highest BCUT2D eigenvalue weighted by molar-refractivity contribution is 6.30. The van der Waals surface area contributed by atoms with Crippen LogP contribution in [-0.2, 0) is 11.3 Å². The molecule has 2 heterocycles. The van der Waals surface area contributed by atoms with Gasteiger partial charge in [0.1, 0.15) is 6.04 Å². The number of carbonyl (C=O) groups excluding carboxylic acids is 2. The Morgan fingerprint density at radius 2 is 1.93 bits per heavy atom. The van der Waals surface area contributed by atoms with Crippen LogP contribution in [0.25, 0.3) is 11.4 Å². The van der Waals surface area contributed by atoms with Gasteiger partial charge in [0.2, 0.25) is 17.6 Å². The topological polar surface area (TPSA) is 138 Å². The van der Waals surface area contributed by atoms with E-state index in [1.165, 1.54) is 0 Å². The van der Waals surface area contributed by atoms with Crippen LogP contribution < -0.4 is 11.1 Å². The zero-order valence-electron chi connectivity index (χ0n) is 15.0. The fourth-order valence-electron chi connectivity index (χ4n) is 2.93. The van der Waals surface area contributed by atoms with Crippen LogP contribution in [0, 0.1) is 0 Å². The summed E-state index contributed by atoms with van der Waals surface area (Å²) in [6, 6.07) is 5.28. The van der Waals surface area contributed by atoms with E-state index in [2.05, 4.69) is 20.4 Å². The summed E-state index contributed by atoms with van der Waals surface area (Å²) in [6.07, 6.45) is 0. The van der Waals surface area contributed by atoms with E-state index in [9.17, 15) is 14.7 Å². The number of nitrogens with zero attached hydrogens (tertiary/aromatic N) is 4. The lowest BCUT2D eigenvalue weighted by molar-refractivity contribution is -0.136. The molecule has 3 rings (SSSR count). The van der Waals surface area contributed by atoms with Crippen molar-refractivity contribution in [1.82, 2.24) is 25.3 Å². The van der Waals surface area contributed by atoms with Crippen molar-refractivity contribution >= 4 is 23.5 Å². The normalized spacial score (nSPS) is 16.0. The van der Waals surface area contributed by atoms with Gasteiger partial charge in [-0.15, -0.1) is 0 Å². The highest BCUT2D eigenvalue weighted by Crippen LogP contribution is 2.19. The summed E-state index contributed by atoms with van der Waals surface area (Å²) >= 11 is 5.88. The van der Waals surface area contributed by atoms with E-state index >= 15 is 0 Å². The van der Waals surface area contributed by atoms with Crippen molar-refractivity contribution in [1.29, 1.82) is 0 Å². The van der Waals surface area contributed by atoms with Gasteiger partial charge in [-0.3, -0.25) is 9.69 Å². The minimum absolute atomic E-state index is 0.358. The number of urea groups is 1. The minimum atomic E-state index is -1.03. The summed E-state index contributed by atoms with van der Waals surface area (Å²) in [7, 11) is 0. The van der Waals surface area contributed by atoms with Gasteiger partial charge in [-0.25, -0.2) is 4.79 Å². The van der Waals surface area contributed by atoms with Gasteiger partial charge >= 0.3 is 6.03 Å². The van der Waals surface area contributed by atoms with Crippen molar-refractivity contribution in [2.75, 3.05) is 32.8 Å². The molecule has 0 radical (unpaired) electrons. The zero-order valence-corrected chi connectivity index (χ0v) is 15.8. The lowest BCUT2D eigenvalue weighted by atomic mass is 10.2. The highest BCUT2D eigenvalue weighted by atomic mass is 35.5. The number of piperazine rings is 1. The predicted molar refractivity (Wildman–Crippen MR) is 100 cm³/mol. The number of carbonyl (C=O) groups is 2. The van der Waals surface area contributed by atoms with Gasteiger partial charge in [0.15, 0.2) is 0 Å². The lowest BCUT2D eigenvalue weighted by Crippen LogP contribution is -2.56. The molecule has 1 fully saturated rings. The first-order valence-electron chi connectivity index (χ1n) is 8.72. The lowest BCUT2D eigenvalue weighted by Gasteiger charge is -2.35. The number of nitrogens with one attached hydrogen (secondary N) is 1. The molecule has 28 heavy (non-hydrogen) atoms. The van der Waals surface area contributed by atoms with Crippen LogP contribution in [0.1, 0.15) is 5.89 Å². The van der Waals surface area contributed by atoms with Crippen molar-refractivity contribution in [3.05, 3.63) is 35.2 Å². The summed E-state index contributed by atoms with van der Waals surface area (Å²) in [6.45, 7) is 2.06. The van der Waals surface area contributed by atoms with Crippen LogP contribution in [-0.4, -0.2) is 75.8 Å². The van der Waals surface area contributed by atoms with Crippen LogP contribution in [0.4, 0.5) is 4.79 Å². The Balaban J connectivity index is 1.52. The second-order valence-corrected chi connectivity index (χ2v) is 6.80. The van der Waals surface area contributed by atoms with Crippen LogP contribution in [0.5, 0.6) is 0 Å². The molecule has 1 aliphatic rings. The van der Waals surface area contributed by atoms with Crippen LogP contribution in [0.2, 0.25) is 5.02 Å². The number of halogens is 1. The van der Waals surface area contributed by atoms with Crippen molar-refractivity contribution in [2.24, 2.45) is 5.73 Å². The van der Waals surface area contributed by atoms with Crippen LogP contribution in [0.3, 0.4) is 0 Å². The molecule has 2 aromatic rings. The molecular weight excluding hydrogens is 388 g/mol. The molecule has 0 bridgehead atoms. The molecule has 0 spiro atoms. The first kappa shape index (κ1) is 20.1. The number of nitrogens with two attached hydrogens (primary N) is 1. The molecule has 1 atom stereocenters. The van der Waals surface area contributed by atoms with E-state index in [1.54, 1.807) is 17.0 Å². The third kappa shape index (κ3) is 4.97. The molecule has 10 nitrogen and oxygen atoms in total. The minimum Gasteiger partial charge on any atom is -0.394 e. The van der Waals surface area contributed by atoms with E-state index < -0.39 is 18.7 Å². The van der Waals surface area contributed by atoms with Gasteiger partial charge in [-0.05, 0) is 24.3 Å². The smallest absolute Gasteiger partial charge is 0.312 e. The van der Waals surface area contributed by atoms with Gasteiger partial charge in [-0.2, -0.15) is 4.98 Å². The van der Waals surface area contributed by atoms with E-state index in [0.29, 0.717) is 49.5 Å². The first-order chi connectivity index (χ1) is 13.5. The summed E-state index contributed by atoms with van der Waals surface area (Å²) < 4.78 is 5.31. The Hall–Kier alpha value is -2.69. The number of hydrogen-bond donors (Lipinski definition) is 3.